The molecule has 0 aromatic rings. The molecule has 0 aromatic heterocycles. The van der Waals surface area contributed by atoms with Gasteiger partial charge in [-0.25, -0.2) is 0 Å². The van der Waals surface area contributed by atoms with Crippen LogP contribution in [0.3, 0.4) is 0 Å². The van der Waals surface area contributed by atoms with E-state index in [2.05, 4.69) is 38.2 Å². The fraction of sp³-hybridized carbons (Fsp3) is 0.783. The van der Waals surface area contributed by atoms with Gasteiger partial charge >= 0.3 is 5.97 Å². The first-order valence-corrected chi connectivity index (χ1v) is 10.7. The lowest BCUT2D eigenvalue weighted by Gasteiger charge is -2.05. The summed E-state index contributed by atoms with van der Waals surface area (Å²) in [4.78, 5) is 10.4. The second-order valence-electron chi connectivity index (χ2n) is 7.38. The minimum atomic E-state index is -0.664. The maximum absolute atomic E-state index is 10.4. The molecule has 0 radical (unpaired) electrons. The van der Waals surface area contributed by atoms with Gasteiger partial charge in [-0.3, -0.25) is 4.79 Å². The van der Waals surface area contributed by atoms with Crippen LogP contribution in [0.4, 0.5) is 0 Å². The van der Waals surface area contributed by atoms with Crippen LogP contribution >= 0.6 is 0 Å². The fourth-order valence-corrected chi connectivity index (χ4v) is 2.89. The van der Waals surface area contributed by atoms with Gasteiger partial charge in [-0.05, 0) is 44.4 Å². The molecule has 0 saturated heterocycles. The number of carboxylic acids is 1. The highest BCUT2D eigenvalue weighted by atomic mass is 16.4. The van der Waals surface area contributed by atoms with Crippen LogP contribution in [0.5, 0.6) is 0 Å². The molecule has 0 amide bonds. The maximum Gasteiger partial charge on any atom is 0.303 e. The second kappa shape index (κ2) is 19.3. The lowest BCUT2D eigenvalue weighted by atomic mass is 10.0. The zero-order chi connectivity index (χ0) is 18.6. The van der Waals surface area contributed by atoms with Crippen molar-refractivity contribution >= 4 is 5.97 Å². The highest BCUT2D eigenvalue weighted by molar-refractivity contribution is 5.66. The first-order valence-electron chi connectivity index (χ1n) is 10.7. The van der Waals surface area contributed by atoms with Gasteiger partial charge in [-0.15, -0.1) is 0 Å². The Morgan fingerprint density at radius 3 is 1.88 bits per heavy atom. The Hall–Kier alpha value is -1.05. The average Bonchev–Trinajstić information content (AvgIpc) is 2.60. The number of unbranched alkanes of at least 4 members (excludes halogenated alkanes) is 9. The van der Waals surface area contributed by atoms with E-state index in [0.717, 1.165) is 25.2 Å². The van der Waals surface area contributed by atoms with Crippen LogP contribution in [0, 0.1) is 5.92 Å². The summed E-state index contributed by atoms with van der Waals surface area (Å²) in [6.07, 6.45) is 26.7. The van der Waals surface area contributed by atoms with E-state index in [1.165, 1.54) is 70.6 Å². The Morgan fingerprint density at radius 2 is 1.32 bits per heavy atom. The summed E-state index contributed by atoms with van der Waals surface area (Å²) < 4.78 is 0. The van der Waals surface area contributed by atoms with Crippen molar-refractivity contribution in [2.24, 2.45) is 5.92 Å². The van der Waals surface area contributed by atoms with Gasteiger partial charge in [0.1, 0.15) is 0 Å². The molecule has 2 nitrogen and oxygen atoms in total. The highest BCUT2D eigenvalue weighted by Gasteiger charge is 1.97. The molecular formula is C23H42O2. The lowest BCUT2D eigenvalue weighted by molar-refractivity contribution is -0.137. The topological polar surface area (TPSA) is 37.3 Å². The first kappa shape index (κ1) is 23.9. The monoisotopic (exact) mass is 350 g/mol. The molecule has 0 aliphatic heterocycles. The van der Waals surface area contributed by atoms with Crippen molar-refractivity contribution in [2.75, 3.05) is 0 Å². The predicted octanol–water partition coefficient (Wildman–Crippen LogP) is 7.69. The molecule has 0 saturated carbocycles. The Bertz CT molecular complexity index is 344. The molecule has 0 heterocycles. The molecule has 0 spiro atoms. The van der Waals surface area contributed by atoms with E-state index in [1.54, 1.807) is 0 Å². The Morgan fingerprint density at radius 1 is 0.800 bits per heavy atom. The van der Waals surface area contributed by atoms with Crippen molar-refractivity contribution < 1.29 is 9.90 Å². The summed E-state index contributed by atoms with van der Waals surface area (Å²) in [5.41, 5.74) is 0. The molecule has 0 aliphatic rings. The maximum atomic E-state index is 10.4. The summed E-state index contributed by atoms with van der Waals surface area (Å²) >= 11 is 0. The van der Waals surface area contributed by atoms with Gasteiger partial charge in [-0.2, -0.15) is 0 Å². The normalized spacial score (nSPS) is 13.0. The Labute approximate surface area is 156 Å². The molecule has 0 aromatic carbocycles. The van der Waals surface area contributed by atoms with E-state index in [4.69, 9.17) is 5.11 Å². The number of carbonyl (C=O) groups is 1. The number of carboxylic acid groups (broad SMARTS) is 1. The molecule has 25 heavy (non-hydrogen) atoms. The summed E-state index contributed by atoms with van der Waals surface area (Å²) in [5, 5.41) is 8.56. The van der Waals surface area contributed by atoms with Gasteiger partial charge in [0, 0.05) is 6.42 Å². The minimum absolute atomic E-state index is 0.331. The lowest BCUT2D eigenvalue weighted by Crippen LogP contribution is -1.93. The molecule has 146 valence electrons. The summed E-state index contributed by atoms with van der Waals surface area (Å²) in [5.74, 6) is 0.229. The average molecular weight is 351 g/mol. The third-order valence-corrected chi connectivity index (χ3v) is 4.88. The third kappa shape index (κ3) is 20.9. The fourth-order valence-electron chi connectivity index (χ4n) is 2.89. The number of allylic oxidation sites excluding steroid dienone is 4. The van der Waals surface area contributed by atoms with E-state index in [0.29, 0.717) is 6.42 Å². The van der Waals surface area contributed by atoms with Crippen LogP contribution in [-0.4, -0.2) is 11.1 Å². The van der Waals surface area contributed by atoms with Crippen molar-refractivity contribution in [1.29, 1.82) is 0 Å². The molecule has 0 fully saturated rings. The molecule has 1 N–H and O–H groups in total. The van der Waals surface area contributed by atoms with Crippen LogP contribution < -0.4 is 0 Å². The van der Waals surface area contributed by atoms with Crippen LogP contribution in [0.2, 0.25) is 0 Å². The van der Waals surface area contributed by atoms with E-state index >= 15 is 0 Å². The molecule has 0 rings (SSSR count). The van der Waals surface area contributed by atoms with Gasteiger partial charge < -0.3 is 5.11 Å². The van der Waals surface area contributed by atoms with Crippen LogP contribution in [0.15, 0.2) is 24.3 Å². The summed E-state index contributed by atoms with van der Waals surface area (Å²) in [6.45, 7) is 4.63. The zero-order valence-corrected chi connectivity index (χ0v) is 16.8. The zero-order valence-electron chi connectivity index (χ0n) is 16.8. The van der Waals surface area contributed by atoms with Crippen molar-refractivity contribution in [3.8, 4) is 0 Å². The number of aliphatic carboxylic acids is 1. The quantitative estimate of drug-likeness (QED) is 0.203. The molecule has 1 atom stereocenters. The SMILES string of the molecule is CCC(C)CCCC/C=C\C/C=C\CCCCCCCCCC(=O)O. The van der Waals surface area contributed by atoms with E-state index in [1.807, 2.05) is 0 Å². The van der Waals surface area contributed by atoms with Crippen LogP contribution in [0.25, 0.3) is 0 Å². The predicted molar refractivity (Wildman–Crippen MR) is 110 cm³/mol. The number of rotatable bonds is 18. The first-order chi connectivity index (χ1) is 12.2. The third-order valence-electron chi connectivity index (χ3n) is 4.88. The largest absolute Gasteiger partial charge is 0.481 e. The van der Waals surface area contributed by atoms with Crippen molar-refractivity contribution in [2.45, 2.75) is 110 Å². The molecule has 0 bridgehead atoms. The van der Waals surface area contributed by atoms with E-state index in [-0.39, 0.29) is 0 Å². The van der Waals surface area contributed by atoms with Crippen molar-refractivity contribution in [1.82, 2.24) is 0 Å². The van der Waals surface area contributed by atoms with E-state index < -0.39 is 5.97 Å². The standard InChI is InChI=1S/C23H42O2/c1-3-22(2)20-18-16-14-12-10-8-6-4-5-7-9-11-13-15-17-19-21-23(24)25/h4,6,10,12,22H,3,5,7-9,11,13-21H2,1-2H3,(H,24,25)/b6-4-,12-10-. The smallest absolute Gasteiger partial charge is 0.303 e. The number of hydrogen-bond acceptors (Lipinski definition) is 1. The van der Waals surface area contributed by atoms with Crippen molar-refractivity contribution in [3.63, 3.8) is 0 Å². The van der Waals surface area contributed by atoms with Gasteiger partial charge in [0.2, 0.25) is 0 Å². The Kier molecular flexibility index (Phi) is 18.5. The molecule has 0 aliphatic carbocycles. The van der Waals surface area contributed by atoms with Gasteiger partial charge in [0.05, 0.1) is 0 Å². The van der Waals surface area contributed by atoms with E-state index in [9.17, 15) is 4.79 Å². The van der Waals surface area contributed by atoms with Crippen LogP contribution in [-0.2, 0) is 4.79 Å². The van der Waals surface area contributed by atoms with Gasteiger partial charge in [0.25, 0.3) is 0 Å². The minimum Gasteiger partial charge on any atom is -0.481 e. The number of hydrogen-bond donors (Lipinski definition) is 1. The molecular weight excluding hydrogens is 308 g/mol. The molecule has 1 unspecified atom stereocenters. The van der Waals surface area contributed by atoms with Gasteiger partial charge in [-0.1, -0.05) is 89.5 Å². The van der Waals surface area contributed by atoms with Crippen LogP contribution in [0.1, 0.15) is 110 Å². The summed E-state index contributed by atoms with van der Waals surface area (Å²) in [7, 11) is 0. The summed E-state index contributed by atoms with van der Waals surface area (Å²) in [6, 6.07) is 0. The highest BCUT2D eigenvalue weighted by Crippen LogP contribution is 2.12. The van der Waals surface area contributed by atoms with Gasteiger partial charge in [0.15, 0.2) is 0 Å². The molecule has 2 heteroatoms. The van der Waals surface area contributed by atoms with Crippen molar-refractivity contribution in [3.05, 3.63) is 24.3 Å². The second-order valence-corrected chi connectivity index (χ2v) is 7.38. The Balaban J connectivity index is 3.22.